The van der Waals surface area contributed by atoms with E-state index in [0.717, 1.165) is 13.0 Å². The summed E-state index contributed by atoms with van der Waals surface area (Å²) in [5.41, 5.74) is -1.21. The third kappa shape index (κ3) is 3.45. The van der Waals surface area contributed by atoms with Crippen LogP contribution in [0.3, 0.4) is 0 Å². The van der Waals surface area contributed by atoms with Crippen LogP contribution in [-0.2, 0) is 14.3 Å². The van der Waals surface area contributed by atoms with Gasteiger partial charge in [0.15, 0.2) is 0 Å². The van der Waals surface area contributed by atoms with Crippen molar-refractivity contribution in [3.8, 4) is 0 Å². The van der Waals surface area contributed by atoms with Crippen molar-refractivity contribution in [1.29, 1.82) is 0 Å². The van der Waals surface area contributed by atoms with Gasteiger partial charge in [-0.05, 0) is 26.8 Å². The minimum Gasteiger partial charge on any atom is -0.480 e. The molecule has 1 heterocycles. The molecule has 1 aliphatic rings. The summed E-state index contributed by atoms with van der Waals surface area (Å²) >= 11 is 0. The fourth-order valence-corrected chi connectivity index (χ4v) is 2.00. The molecule has 1 rings (SSSR count). The zero-order chi connectivity index (χ0) is 14.6. The van der Waals surface area contributed by atoms with Crippen LogP contribution in [0.5, 0.6) is 0 Å². The van der Waals surface area contributed by atoms with E-state index >= 15 is 0 Å². The van der Waals surface area contributed by atoms with E-state index in [1.807, 2.05) is 0 Å². The van der Waals surface area contributed by atoms with Crippen molar-refractivity contribution in [2.75, 3.05) is 26.8 Å². The minimum absolute atomic E-state index is 0.0282. The lowest BCUT2D eigenvalue weighted by Gasteiger charge is -2.34. The van der Waals surface area contributed by atoms with Crippen molar-refractivity contribution in [1.82, 2.24) is 10.2 Å². The lowest BCUT2D eigenvalue weighted by Crippen LogP contribution is -2.55. The van der Waals surface area contributed by atoms with E-state index in [4.69, 9.17) is 9.84 Å². The van der Waals surface area contributed by atoms with Gasteiger partial charge < -0.3 is 20.1 Å². The Morgan fingerprint density at radius 2 is 2.05 bits per heavy atom. The molecule has 0 aliphatic carbocycles. The first-order valence-corrected chi connectivity index (χ1v) is 6.64. The quantitative estimate of drug-likeness (QED) is 0.728. The van der Waals surface area contributed by atoms with E-state index in [0.29, 0.717) is 13.2 Å². The van der Waals surface area contributed by atoms with Gasteiger partial charge in [-0.2, -0.15) is 0 Å². The smallest absolute Gasteiger partial charge is 0.329 e. The first kappa shape index (κ1) is 15.9. The normalized spacial score (nSPS) is 23.4. The molecule has 0 saturated carbocycles. The molecule has 2 unspecified atom stereocenters. The average molecular weight is 272 g/mol. The predicted octanol–water partition coefficient (Wildman–Crippen LogP) is 0.323. The minimum atomic E-state index is -1.21. The van der Waals surface area contributed by atoms with Gasteiger partial charge >= 0.3 is 5.97 Å². The lowest BCUT2D eigenvalue weighted by atomic mass is 9.97. The summed E-state index contributed by atoms with van der Waals surface area (Å²) in [6.07, 6.45) is 0.980. The van der Waals surface area contributed by atoms with Gasteiger partial charge in [-0.25, -0.2) is 4.79 Å². The number of rotatable bonds is 6. The molecule has 1 fully saturated rings. The van der Waals surface area contributed by atoms with Crippen LogP contribution in [0.4, 0.5) is 0 Å². The van der Waals surface area contributed by atoms with E-state index in [9.17, 15) is 9.59 Å². The molecule has 2 atom stereocenters. The number of hydrogen-bond acceptors (Lipinski definition) is 4. The zero-order valence-corrected chi connectivity index (χ0v) is 12.1. The molecule has 0 aromatic carbocycles. The summed E-state index contributed by atoms with van der Waals surface area (Å²) in [5, 5.41) is 12.4. The molecule has 2 N–H and O–H groups in total. The number of carbonyl (C=O) groups is 2. The van der Waals surface area contributed by atoms with Crippen molar-refractivity contribution in [3.05, 3.63) is 0 Å². The number of ether oxygens (including phenoxy) is 1. The molecule has 1 aliphatic heterocycles. The second-order valence-corrected chi connectivity index (χ2v) is 5.47. The topological polar surface area (TPSA) is 78.9 Å². The molecule has 6 nitrogen and oxygen atoms in total. The molecule has 0 radical (unpaired) electrons. The van der Waals surface area contributed by atoms with Gasteiger partial charge in [0.25, 0.3) is 0 Å². The molecule has 0 bridgehead atoms. The van der Waals surface area contributed by atoms with Gasteiger partial charge in [0.1, 0.15) is 5.54 Å². The predicted molar refractivity (Wildman–Crippen MR) is 70.9 cm³/mol. The van der Waals surface area contributed by atoms with Crippen molar-refractivity contribution in [2.45, 2.75) is 38.8 Å². The van der Waals surface area contributed by atoms with Crippen LogP contribution in [0.1, 0.15) is 27.2 Å². The van der Waals surface area contributed by atoms with Crippen molar-refractivity contribution >= 4 is 11.9 Å². The van der Waals surface area contributed by atoms with Gasteiger partial charge in [-0.3, -0.25) is 4.79 Å². The Hall–Kier alpha value is -1.14. The number of nitrogens with one attached hydrogen (secondary N) is 1. The first-order valence-electron chi connectivity index (χ1n) is 6.64. The SMILES string of the molecule is CCCNC1COCC1C(=O)N(C)C(C)(C)C(=O)O. The Balaban J connectivity index is 2.73. The Morgan fingerprint density at radius 1 is 1.42 bits per heavy atom. The Labute approximate surface area is 114 Å². The number of carboxylic acid groups (broad SMARTS) is 1. The molecule has 1 amide bonds. The van der Waals surface area contributed by atoms with Crippen LogP contribution >= 0.6 is 0 Å². The maximum atomic E-state index is 12.4. The summed E-state index contributed by atoms with van der Waals surface area (Å²) in [5.74, 6) is -1.51. The van der Waals surface area contributed by atoms with Gasteiger partial charge in [-0.1, -0.05) is 6.92 Å². The van der Waals surface area contributed by atoms with Crippen LogP contribution in [0.15, 0.2) is 0 Å². The van der Waals surface area contributed by atoms with Gasteiger partial charge in [-0.15, -0.1) is 0 Å². The molecule has 110 valence electrons. The monoisotopic (exact) mass is 272 g/mol. The molecule has 0 spiro atoms. The maximum absolute atomic E-state index is 12.4. The number of carboxylic acids is 1. The van der Waals surface area contributed by atoms with Gasteiger partial charge in [0, 0.05) is 13.1 Å². The summed E-state index contributed by atoms with van der Waals surface area (Å²) in [4.78, 5) is 24.9. The highest BCUT2D eigenvalue weighted by atomic mass is 16.5. The second kappa shape index (κ2) is 6.34. The molecular weight excluding hydrogens is 248 g/mol. The van der Waals surface area contributed by atoms with Crippen molar-refractivity contribution in [2.24, 2.45) is 5.92 Å². The summed E-state index contributed by atoms with van der Waals surface area (Å²) in [6.45, 7) is 6.77. The fraction of sp³-hybridized carbons (Fsp3) is 0.846. The fourth-order valence-electron chi connectivity index (χ4n) is 2.00. The standard InChI is InChI=1S/C13H24N2O4/c1-5-6-14-10-8-19-7-9(10)11(16)15(4)13(2,3)12(17)18/h9-10,14H,5-8H2,1-4H3,(H,17,18). The zero-order valence-electron chi connectivity index (χ0n) is 12.1. The van der Waals surface area contributed by atoms with E-state index in [1.54, 1.807) is 0 Å². The third-order valence-corrected chi connectivity index (χ3v) is 3.75. The van der Waals surface area contributed by atoms with Crippen LogP contribution in [0.25, 0.3) is 0 Å². The molecule has 19 heavy (non-hydrogen) atoms. The molecule has 0 aromatic heterocycles. The largest absolute Gasteiger partial charge is 0.480 e. The molecule has 1 saturated heterocycles. The van der Waals surface area contributed by atoms with Crippen LogP contribution < -0.4 is 5.32 Å². The Kier molecular flexibility index (Phi) is 5.31. The van der Waals surface area contributed by atoms with E-state index < -0.39 is 11.5 Å². The molecule has 6 heteroatoms. The van der Waals surface area contributed by atoms with Gasteiger partial charge in [0.2, 0.25) is 5.91 Å². The second-order valence-electron chi connectivity index (χ2n) is 5.47. The number of carbonyl (C=O) groups excluding carboxylic acids is 1. The Bertz CT molecular complexity index is 344. The molecule has 0 aromatic rings. The van der Waals surface area contributed by atoms with E-state index in [-0.39, 0.29) is 17.9 Å². The molecular formula is C13H24N2O4. The van der Waals surface area contributed by atoms with Gasteiger partial charge in [0.05, 0.1) is 19.1 Å². The van der Waals surface area contributed by atoms with Crippen LogP contribution in [0.2, 0.25) is 0 Å². The highest BCUT2D eigenvalue weighted by Crippen LogP contribution is 2.21. The number of nitrogens with zero attached hydrogens (tertiary/aromatic N) is 1. The van der Waals surface area contributed by atoms with Crippen LogP contribution in [0, 0.1) is 5.92 Å². The number of hydrogen-bond donors (Lipinski definition) is 2. The van der Waals surface area contributed by atoms with Crippen LogP contribution in [-0.4, -0.2) is 60.3 Å². The summed E-state index contributed by atoms with van der Waals surface area (Å²) < 4.78 is 5.35. The lowest BCUT2D eigenvalue weighted by molar-refractivity contribution is -0.157. The third-order valence-electron chi connectivity index (χ3n) is 3.75. The summed E-state index contributed by atoms with van der Waals surface area (Å²) in [6, 6.07) is -0.0282. The average Bonchev–Trinajstić information content (AvgIpc) is 2.82. The number of likely N-dealkylation sites (N-methyl/N-ethyl adjacent to an activating group) is 1. The number of aliphatic carboxylic acids is 1. The van der Waals surface area contributed by atoms with E-state index in [1.165, 1.54) is 25.8 Å². The highest BCUT2D eigenvalue weighted by molar-refractivity contribution is 5.87. The maximum Gasteiger partial charge on any atom is 0.329 e. The first-order chi connectivity index (χ1) is 8.82. The number of amides is 1. The Morgan fingerprint density at radius 3 is 2.58 bits per heavy atom. The van der Waals surface area contributed by atoms with Crippen molar-refractivity contribution in [3.63, 3.8) is 0 Å². The highest BCUT2D eigenvalue weighted by Gasteiger charge is 2.42. The summed E-state index contributed by atoms with van der Waals surface area (Å²) in [7, 11) is 1.53. The van der Waals surface area contributed by atoms with E-state index in [2.05, 4.69) is 12.2 Å². The van der Waals surface area contributed by atoms with Crippen molar-refractivity contribution < 1.29 is 19.4 Å².